The molecule has 6 nitrogen and oxygen atoms in total. The average Bonchev–Trinajstić information content (AvgIpc) is 3.39. The molecule has 0 bridgehead atoms. The highest BCUT2D eigenvalue weighted by molar-refractivity contribution is 5.78. The minimum Gasteiger partial charge on any atom is -0.385 e. The van der Waals surface area contributed by atoms with Gasteiger partial charge in [-0.2, -0.15) is 13.2 Å². The topological polar surface area (TPSA) is 87.1 Å². The van der Waals surface area contributed by atoms with Gasteiger partial charge in [0.05, 0.1) is 23.3 Å². The Bertz CT molecular complexity index is 945. The van der Waals surface area contributed by atoms with Gasteiger partial charge in [0.15, 0.2) is 0 Å². The predicted octanol–water partition coefficient (Wildman–Crippen LogP) is 3.13. The van der Waals surface area contributed by atoms with Crippen LogP contribution in [0.25, 0.3) is 0 Å². The number of hydrogen-bond donors (Lipinski definition) is 3. The molecule has 0 saturated heterocycles. The van der Waals surface area contributed by atoms with Gasteiger partial charge in [-0.3, -0.25) is 4.79 Å². The number of nitrogens with zero attached hydrogens (tertiary/aromatic N) is 2. The summed E-state index contributed by atoms with van der Waals surface area (Å²) in [5.41, 5.74) is -2.71. The number of aromatic nitrogens is 2. The Balaban J connectivity index is 1.69. The van der Waals surface area contributed by atoms with Gasteiger partial charge in [0.25, 0.3) is 0 Å². The smallest absolute Gasteiger partial charge is 0.385 e. The third-order valence-corrected chi connectivity index (χ3v) is 4.74. The summed E-state index contributed by atoms with van der Waals surface area (Å²) in [4.78, 5) is 20.3. The van der Waals surface area contributed by atoms with Gasteiger partial charge in [-0.1, -0.05) is 6.07 Å². The zero-order chi connectivity index (χ0) is 22.2. The van der Waals surface area contributed by atoms with E-state index in [0.717, 1.165) is 12.1 Å². The summed E-state index contributed by atoms with van der Waals surface area (Å²) in [5.74, 6) is -2.65. The van der Waals surface area contributed by atoms with E-state index in [2.05, 4.69) is 20.6 Å². The highest BCUT2D eigenvalue weighted by atomic mass is 19.4. The maximum atomic E-state index is 14.0. The highest BCUT2D eigenvalue weighted by Crippen LogP contribution is 2.45. The summed E-state index contributed by atoms with van der Waals surface area (Å²) in [6.07, 6.45) is -2.70. The SMILES string of the molecule is C[C@](O)(CC(=O)NC1(c2ccnc(NCC(F)(F)F)n2)CC1)c1ccc(F)cc1F. The van der Waals surface area contributed by atoms with Crippen molar-refractivity contribution in [1.29, 1.82) is 0 Å². The molecule has 1 atom stereocenters. The second-order valence-corrected chi connectivity index (χ2v) is 7.44. The molecule has 3 N–H and O–H groups in total. The summed E-state index contributed by atoms with van der Waals surface area (Å²) in [5, 5.41) is 15.3. The van der Waals surface area contributed by atoms with Crippen molar-refractivity contribution in [1.82, 2.24) is 15.3 Å². The lowest BCUT2D eigenvalue weighted by molar-refractivity contribution is -0.127. The van der Waals surface area contributed by atoms with Gasteiger partial charge in [-0.05, 0) is 31.9 Å². The number of aliphatic hydroxyl groups is 1. The van der Waals surface area contributed by atoms with Crippen LogP contribution in [0.15, 0.2) is 30.5 Å². The van der Waals surface area contributed by atoms with Crippen LogP contribution in [0, 0.1) is 11.6 Å². The van der Waals surface area contributed by atoms with E-state index >= 15 is 0 Å². The van der Waals surface area contributed by atoms with Crippen molar-refractivity contribution in [3.63, 3.8) is 0 Å². The van der Waals surface area contributed by atoms with Crippen LogP contribution in [-0.2, 0) is 15.9 Å². The van der Waals surface area contributed by atoms with Crippen molar-refractivity contribution in [2.75, 3.05) is 11.9 Å². The molecule has 0 radical (unpaired) electrons. The van der Waals surface area contributed by atoms with E-state index in [1.54, 1.807) is 0 Å². The van der Waals surface area contributed by atoms with Crippen molar-refractivity contribution in [3.8, 4) is 0 Å². The Morgan fingerprint density at radius 1 is 1.23 bits per heavy atom. The second kappa shape index (κ2) is 7.78. The van der Waals surface area contributed by atoms with Crippen LogP contribution in [0.3, 0.4) is 0 Å². The zero-order valence-electron chi connectivity index (χ0n) is 15.9. The second-order valence-electron chi connectivity index (χ2n) is 7.44. The molecule has 11 heteroatoms. The van der Waals surface area contributed by atoms with E-state index in [1.165, 1.54) is 19.2 Å². The van der Waals surface area contributed by atoms with Crippen molar-refractivity contribution in [3.05, 3.63) is 53.4 Å². The molecule has 1 aromatic carbocycles. The molecule has 1 fully saturated rings. The van der Waals surface area contributed by atoms with Gasteiger partial charge in [0.1, 0.15) is 18.2 Å². The van der Waals surface area contributed by atoms with E-state index in [0.29, 0.717) is 24.6 Å². The van der Waals surface area contributed by atoms with Crippen LogP contribution in [0.5, 0.6) is 0 Å². The first-order valence-corrected chi connectivity index (χ1v) is 9.03. The molecule has 0 unspecified atom stereocenters. The largest absolute Gasteiger partial charge is 0.405 e. The number of rotatable bonds is 7. The Kier molecular flexibility index (Phi) is 5.68. The molecule has 1 aromatic heterocycles. The minimum atomic E-state index is -4.44. The van der Waals surface area contributed by atoms with Crippen molar-refractivity contribution in [2.24, 2.45) is 0 Å². The Morgan fingerprint density at radius 3 is 2.53 bits per heavy atom. The van der Waals surface area contributed by atoms with Gasteiger partial charge in [-0.15, -0.1) is 0 Å². The lowest BCUT2D eigenvalue weighted by Crippen LogP contribution is -2.40. The first-order chi connectivity index (χ1) is 13.9. The molecule has 1 saturated carbocycles. The predicted molar refractivity (Wildman–Crippen MR) is 96.2 cm³/mol. The summed E-state index contributed by atoms with van der Waals surface area (Å²) in [7, 11) is 0. The van der Waals surface area contributed by atoms with Gasteiger partial charge in [0, 0.05) is 17.8 Å². The number of hydrogen-bond acceptors (Lipinski definition) is 5. The molecule has 1 aliphatic carbocycles. The molecule has 1 aliphatic rings. The number of anilines is 1. The standard InChI is InChI=1S/C19H19F5N4O2/c1-17(30,12-3-2-11(20)8-13(12)21)9-15(29)28-18(5-6-18)14-4-7-25-16(27-14)26-10-19(22,23)24/h2-4,7-8,30H,5-6,9-10H2,1H3,(H,28,29)(H,25,26,27)/t17-/m0/s1. The van der Waals surface area contributed by atoms with Crippen LogP contribution in [0.2, 0.25) is 0 Å². The summed E-state index contributed by atoms with van der Waals surface area (Å²) in [6.45, 7) is -0.0752. The molecular weight excluding hydrogens is 411 g/mol. The van der Waals surface area contributed by atoms with E-state index in [-0.39, 0.29) is 11.5 Å². The number of benzene rings is 1. The number of nitrogens with one attached hydrogen (secondary N) is 2. The van der Waals surface area contributed by atoms with Crippen molar-refractivity contribution >= 4 is 11.9 Å². The van der Waals surface area contributed by atoms with Crippen LogP contribution in [-0.4, -0.2) is 33.7 Å². The molecule has 0 spiro atoms. The fourth-order valence-electron chi connectivity index (χ4n) is 3.11. The first kappa shape index (κ1) is 21.9. The zero-order valence-corrected chi connectivity index (χ0v) is 15.9. The Hall–Kier alpha value is -2.82. The fraction of sp³-hybridized carbons (Fsp3) is 0.421. The van der Waals surface area contributed by atoms with Crippen molar-refractivity contribution < 1.29 is 31.9 Å². The molecule has 2 aromatic rings. The molecule has 30 heavy (non-hydrogen) atoms. The normalized spacial score (nSPS) is 17.2. The Labute approximate surface area is 168 Å². The highest BCUT2D eigenvalue weighted by Gasteiger charge is 2.48. The summed E-state index contributed by atoms with van der Waals surface area (Å²) >= 11 is 0. The maximum absolute atomic E-state index is 14.0. The van der Waals surface area contributed by atoms with Crippen LogP contribution in [0.4, 0.5) is 27.9 Å². The average molecular weight is 430 g/mol. The number of halogens is 5. The number of alkyl halides is 3. The van der Waals surface area contributed by atoms with Crippen molar-refractivity contribution in [2.45, 2.75) is 43.5 Å². The molecule has 1 amide bonds. The molecule has 3 rings (SSSR count). The van der Waals surface area contributed by atoms with E-state index in [4.69, 9.17) is 0 Å². The lowest BCUT2D eigenvalue weighted by Gasteiger charge is -2.25. The number of amides is 1. The number of carbonyl (C=O) groups is 1. The quantitative estimate of drug-likeness (QED) is 0.588. The lowest BCUT2D eigenvalue weighted by atomic mass is 9.91. The number of carbonyl (C=O) groups excluding carboxylic acids is 1. The van der Waals surface area contributed by atoms with Gasteiger partial charge in [0.2, 0.25) is 11.9 Å². The fourth-order valence-corrected chi connectivity index (χ4v) is 3.11. The summed E-state index contributed by atoms with van der Waals surface area (Å²) in [6, 6.07) is 4.13. The third kappa shape index (κ3) is 5.21. The maximum Gasteiger partial charge on any atom is 0.405 e. The van der Waals surface area contributed by atoms with E-state index in [1.807, 2.05) is 0 Å². The van der Waals surface area contributed by atoms with Crippen LogP contribution < -0.4 is 10.6 Å². The molecule has 162 valence electrons. The first-order valence-electron chi connectivity index (χ1n) is 9.03. The molecular formula is C19H19F5N4O2. The van der Waals surface area contributed by atoms with Gasteiger partial charge < -0.3 is 15.7 Å². The van der Waals surface area contributed by atoms with Crippen LogP contribution >= 0.6 is 0 Å². The molecule has 1 heterocycles. The molecule has 0 aliphatic heterocycles. The van der Waals surface area contributed by atoms with Gasteiger partial charge >= 0.3 is 6.18 Å². The third-order valence-electron chi connectivity index (χ3n) is 4.74. The van der Waals surface area contributed by atoms with Crippen LogP contribution in [0.1, 0.15) is 37.4 Å². The summed E-state index contributed by atoms with van der Waals surface area (Å²) < 4.78 is 64.2. The van der Waals surface area contributed by atoms with Gasteiger partial charge in [-0.25, -0.2) is 18.7 Å². The minimum absolute atomic E-state index is 0.231. The monoisotopic (exact) mass is 430 g/mol. The van der Waals surface area contributed by atoms with E-state index < -0.39 is 47.8 Å². The van der Waals surface area contributed by atoms with E-state index in [9.17, 15) is 31.9 Å². The Morgan fingerprint density at radius 2 is 1.93 bits per heavy atom.